The summed E-state index contributed by atoms with van der Waals surface area (Å²) in [7, 11) is 0. The van der Waals surface area contributed by atoms with Gasteiger partial charge in [-0.1, -0.05) is 18.5 Å². The van der Waals surface area contributed by atoms with Crippen LogP contribution in [0.4, 0.5) is 35.9 Å². The highest BCUT2D eigenvalue weighted by atomic mass is 19.4. The maximum atomic E-state index is 13.1. The minimum absolute atomic E-state index is 0.123. The molecule has 1 aromatic carbocycles. The predicted octanol–water partition coefficient (Wildman–Crippen LogP) is 5.06. The van der Waals surface area contributed by atoms with E-state index in [0.717, 1.165) is 0 Å². The van der Waals surface area contributed by atoms with Gasteiger partial charge in [0, 0.05) is 17.0 Å². The normalized spacial score (nSPS) is 12.2. The third-order valence-electron chi connectivity index (χ3n) is 3.20. The Labute approximate surface area is 138 Å². The summed E-state index contributed by atoms with van der Waals surface area (Å²) >= 11 is 0. The van der Waals surface area contributed by atoms with Crippen LogP contribution in [-0.4, -0.2) is 15.9 Å². The highest BCUT2D eigenvalue weighted by Gasteiger charge is 2.42. The van der Waals surface area contributed by atoms with Crippen LogP contribution in [0.3, 0.4) is 0 Å². The maximum absolute atomic E-state index is 13.1. The van der Waals surface area contributed by atoms with Gasteiger partial charge in [-0.3, -0.25) is 20.2 Å². The quantitative estimate of drug-likeness (QED) is 0.236. The molecule has 0 saturated heterocycles. The van der Waals surface area contributed by atoms with Gasteiger partial charge in [-0.15, -0.1) is 0 Å². The standard InChI is InChI=1S/C12H13F3N6O4/c1-3-4-6(2)17-10-8(20(22)23)5-7(12(13,14)15)9(18-19-16)11(10)21(24)25/h5-6,17H,3-4H2,1-2H3. The first kappa shape index (κ1) is 20.0. The number of halogens is 3. The number of nitro groups is 2. The SMILES string of the molecule is CCCC(C)Nc1c([N+](=O)[O-])cc(C(F)(F)F)c(N=[N+]=[N-])c1[N+](=O)[O-]. The van der Waals surface area contributed by atoms with Crippen molar-refractivity contribution in [2.45, 2.75) is 38.9 Å². The Morgan fingerprint density at radius 1 is 1.36 bits per heavy atom. The molecule has 1 unspecified atom stereocenters. The Morgan fingerprint density at radius 3 is 2.36 bits per heavy atom. The van der Waals surface area contributed by atoms with Crippen molar-refractivity contribution in [1.82, 2.24) is 0 Å². The molecule has 136 valence electrons. The first-order chi connectivity index (χ1) is 11.5. The van der Waals surface area contributed by atoms with Crippen LogP contribution in [0.25, 0.3) is 10.4 Å². The van der Waals surface area contributed by atoms with Gasteiger partial charge in [0.15, 0.2) is 5.69 Å². The van der Waals surface area contributed by atoms with Crippen molar-refractivity contribution in [2.75, 3.05) is 5.32 Å². The summed E-state index contributed by atoms with van der Waals surface area (Å²) in [6.07, 6.45) is -4.11. The Balaban J connectivity index is 3.90. The largest absolute Gasteiger partial charge is 0.417 e. The first-order valence-electron chi connectivity index (χ1n) is 6.93. The molecule has 0 radical (unpaired) electrons. The summed E-state index contributed by atoms with van der Waals surface area (Å²) < 4.78 is 39.4. The molecule has 0 bridgehead atoms. The van der Waals surface area contributed by atoms with Crippen molar-refractivity contribution < 1.29 is 23.0 Å². The molecule has 0 aliphatic rings. The number of nitrogens with one attached hydrogen (secondary N) is 1. The van der Waals surface area contributed by atoms with E-state index >= 15 is 0 Å². The lowest BCUT2D eigenvalue weighted by atomic mass is 10.1. The lowest BCUT2D eigenvalue weighted by molar-refractivity contribution is -0.392. The minimum Gasteiger partial charge on any atom is -0.371 e. The zero-order valence-corrected chi connectivity index (χ0v) is 13.1. The van der Waals surface area contributed by atoms with Crippen LogP contribution in [0.1, 0.15) is 32.3 Å². The number of nitrogens with zero attached hydrogens (tertiary/aromatic N) is 5. The highest BCUT2D eigenvalue weighted by molar-refractivity contribution is 5.85. The lowest BCUT2D eigenvalue weighted by Gasteiger charge is -2.17. The Bertz CT molecular complexity index is 745. The fourth-order valence-corrected chi connectivity index (χ4v) is 2.22. The summed E-state index contributed by atoms with van der Waals surface area (Å²) in [5.74, 6) is 0. The Kier molecular flexibility index (Phi) is 6.12. The highest BCUT2D eigenvalue weighted by Crippen LogP contribution is 2.49. The molecule has 1 aromatic rings. The summed E-state index contributed by atoms with van der Waals surface area (Å²) in [5.41, 5.74) is 2.25. The van der Waals surface area contributed by atoms with Crippen LogP contribution in [-0.2, 0) is 6.18 Å². The van der Waals surface area contributed by atoms with Crippen molar-refractivity contribution in [3.63, 3.8) is 0 Å². The van der Waals surface area contributed by atoms with Crippen molar-refractivity contribution in [1.29, 1.82) is 0 Å². The fourth-order valence-electron chi connectivity index (χ4n) is 2.22. The van der Waals surface area contributed by atoms with Gasteiger partial charge < -0.3 is 5.32 Å². The van der Waals surface area contributed by atoms with E-state index in [2.05, 4.69) is 15.3 Å². The van der Waals surface area contributed by atoms with Crippen LogP contribution in [0, 0.1) is 20.2 Å². The number of hydrogen-bond donors (Lipinski definition) is 1. The smallest absolute Gasteiger partial charge is 0.371 e. The molecule has 0 aliphatic carbocycles. The van der Waals surface area contributed by atoms with Crippen molar-refractivity contribution >= 4 is 22.7 Å². The molecule has 0 spiro atoms. The Hall–Kier alpha value is -3.08. The minimum atomic E-state index is -5.19. The van der Waals surface area contributed by atoms with Gasteiger partial charge in [0.05, 0.1) is 15.4 Å². The molecule has 0 fully saturated rings. The second-order valence-electron chi connectivity index (χ2n) is 5.05. The van der Waals surface area contributed by atoms with Gasteiger partial charge in [0.2, 0.25) is 0 Å². The number of benzene rings is 1. The zero-order valence-electron chi connectivity index (χ0n) is 13.1. The summed E-state index contributed by atoms with van der Waals surface area (Å²) in [4.78, 5) is 22.2. The molecular formula is C12H13F3N6O4. The van der Waals surface area contributed by atoms with Crippen LogP contribution in [0.15, 0.2) is 11.2 Å². The van der Waals surface area contributed by atoms with Crippen LogP contribution < -0.4 is 5.32 Å². The van der Waals surface area contributed by atoms with Crippen molar-refractivity contribution in [3.8, 4) is 0 Å². The van der Waals surface area contributed by atoms with Crippen molar-refractivity contribution in [3.05, 3.63) is 42.3 Å². The lowest BCUT2D eigenvalue weighted by Crippen LogP contribution is -2.18. The van der Waals surface area contributed by atoms with Crippen LogP contribution in [0.5, 0.6) is 0 Å². The van der Waals surface area contributed by atoms with Gasteiger partial charge in [0.25, 0.3) is 5.69 Å². The molecule has 1 N–H and O–H groups in total. The zero-order chi connectivity index (χ0) is 19.4. The summed E-state index contributed by atoms with van der Waals surface area (Å²) in [6.45, 7) is 3.35. The van der Waals surface area contributed by atoms with E-state index in [4.69, 9.17) is 5.53 Å². The average molecular weight is 362 g/mol. The third-order valence-corrected chi connectivity index (χ3v) is 3.20. The predicted molar refractivity (Wildman–Crippen MR) is 81.6 cm³/mol. The number of nitro benzene ring substituents is 2. The summed E-state index contributed by atoms with van der Waals surface area (Å²) in [6, 6.07) is -0.379. The first-order valence-corrected chi connectivity index (χ1v) is 6.93. The molecule has 10 nitrogen and oxygen atoms in total. The third kappa shape index (κ3) is 4.47. The molecule has 1 rings (SSSR count). The maximum Gasteiger partial charge on any atom is 0.417 e. The van der Waals surface area contributed by atoms with E-state index in [1.165, 1.54) is 0 Å². The molecular weight excluding hydrogens is 349 g/mol. The van der Waals surface area contributed by atoms with Gasteiger partial charge >= 0.3 is 11.9 Å². The van der Waals surface area contributed by atoms with E-state index < -0.39 is 50.4 Å². The topological polar surface area (TPSA) is 147 Å². The second kappa shape index (κ2) is 7.66. The van der Waals surface area contributed by atoms with Gasteiger partial charge in [-0.05, 0) is 18.9 Å². The number of rotatable bonds is 7. The van der Waals surface area contributed by atoms with Crippen LogP contribution in [0.2, 0.25) is 0 Å². The number of hydrogen-bond acceptors (Lipinski definition) is 6. The molecule has 0 saturated carbocycles. The van der Waals surface area contributed by atoms with E-state index in [-0.39, 0.29) is 6.07 Å². The molecule has 0 heterocycles. The van der Waals surface area contributed by atoms with Crippen LogP contribution >= 0.6 is 0 Å². The van der Waals surface area contributed by atoms with Gasteiger partial charge in [0.1, 0.15) is 5.69 Å². The fraction of sp³-hybridized carbons (Fsp3) is 0.500. The van der Waals surface area contributed by atoms with Gasteiger partial charge in [-0.25, -0.2) is 0 Å². The van der Waals surface area contributed by atoms with E-state index in [0.29, 0.717) is 12.8 Å². The van der Waals surface area contributed by atoms with E-state index in [1.807, 2.05) is 0 Å². The van der Waals surface area contributed by atoms with E-state index in [9.17, 15) is 33.4 Å². The molecule has 13 heteroatoms. The molecule has 25 heavy (non-hydrogen) atoms. The number of anilines is 1. The summed E-state index contributed by atoms with van der Waals surface area (Å²) in [5, 5.41) is 27.7. The molecule has 0 amide bonds. The molecule has 0 aromatic heterocycles. The number of alkyl halides is 3. The van der Waals surface area contributed by atoms with E-state index in [1.54, 1.807) is 13.8 Å². The molecule has 1 atom stereocenters. The number of azide groups is 1. The monoisotopic (exact) mass is 362 g/mol. The van der Waals surface area contributed by atoms with Gasteiger partial charge in [-0.2, -0.15) is 13.2 Å². The second-order valence-corrected chi connectivity index (χ2v) is 5.05. The Morgan fingerprint density at radius 2 is 1.96 bits per heavy atom. The average Bonchev–Trinajstić information content (AvgIpc) is 2.45. The van der Waals surface area contributed by atoms with Crippen molar-refractivity contribution in [2.24, 2.45) is 5.11 Å². The molecule has 0 aliphatic heterocycles.